The van der Waals surface area contributed by atoms with Gasteiger partial charge in [0.2, 0.25) is 11.8 Å². The first-order chi connectivity index (χ1) is 8.74. The molecule has 0 saturated heterocycles. The molecule has 8 heteroatoms. The fourth-order valence-corrected chi connectivity index (χ4v) is 1.17. The van der Waals surface area contributed by atoms with Crippen molar-refractivity contribution in [2.24, 2.45) is 0 Å². The van der Waals surface area contributed by atoms with Gasteiger partial charge < -0.3 is 31.1 Å². The van der Waals surface area contributed by atoms with Gasteiger partial charge in [-0.3, -0.25) is 9.59 Å². The molecule has 19 heavy (non-hydrogen) atoms. The first-order valence-electron chi connectivity index (χ1n) is 5.79. The lowest BCUT2D eigenvalue weighted by atomic mass is 10.0. The van der Waals surface area contributed by atoms with Gasteiger partial charge in [0.25, 0.3) is 0 Å². The van der Waals surface area contributed by atoms with Crippen molar-refractivity contribution in [2.75, 3.05) is 26.4 Å². The average Bonchev–Trinajstić information content (AvgIpc) is 2.37. The summed E-state index contributed by atoms with van der Waals surface area (Å²) in [4.78, 5) is 23.1. The van der Waals surface area contributed by atoms with Crippen molar-refractivity contribution in [3.8, 4) is 0 Å². The molecule has 0 unspecified atom stereocenters. The van der Waals surface area contributed by atoms with Crippen LogP contribution in [0.2, 0.25) is 0 Å². The molecule has 0 aliphatic carbocycles. The molecule has 0 aliphatic rings. The predicted octanol–water partition coefficient (Wildman–Crippen LogP) is -2.90. The average molecular weight is 278 g/mol. The fourth-order valence-electron chi connectivity index (χ4n) is 1.17. The van der Waals surface area contributed by atoms with Gasteiger partial charge in [-0.05, 0) is 13.8 Å². The van der Waals surface area contributed by atoms with E-state index in [9.17, 15) is 9.59 Å². The van der Waals surface area contributed by atoms with E-state index in [-0.39, 0.29) is 0 Å². The lowest BCUT2D eigenvalue weighted by Crippen LogP contribution is -2.55. The summed E-state index contributed by atoms with van der Waals surface area (Å²) >= 11 is 0. The van der Waals surface area contributed by atoms with Crippen LogP contribution in [0.1, 0.15) is 20.3 Å². The fraction of sp³-hybridized carbons (Fsp3) is 0.818. The van der Waals surface area contributed by atoms with Crippen LogP contribution in [0.25, 0.3) is 0 Å². The van der Waals surface area contributed by atoms with Gasteiger partial charge in [-0.25, -0.2) is 0 Å². The molecule has 0 heterocycles. The van der Waals surface area contributed by atoms with Crippen LogP contribution < -0.4 is 10.6 Å². The highest BCUT2D eigenvalue weighted by Crippen LogP contribution is 2.03. The molecule has 8 nitrogen and oxygen atoms in total. The zero-order valence-electron chi connectivity index (χ0n) is 11.1. The molecule has 0 aliphatic heterocycles. The lowest BCUT2D eigenvalue weighted by molar-refractivity contribution is -0.132. The zero-order chi connectivity index (χ0) is 15.1. The van der Waals surface area contributed by atoms with E-state index in [2.05, 4.69) is 10.6 Å². The van der Waals surface area contributed by atoms with E-state index in [1.807, 2.05) is 0 Å². The van der Waals surface area contributed by atoms with Crippen molar-refractivity contribution in [3.05, 3.63) is 0 Å². The second-order valence-electron chi connectivity index (χ2n) is 5.03. The van der Waals surface area contributed by atoms with Gasteiger partial charge in [-0.15, -0.1) is 0 Å². The summed E-state index contributed by atoms with van der Waals surface area (Å²) in [5.74, 6) is -1.36. The van der Waals surface area contributed by atoms with Crippen molar-refractivity contribution < 1.29 is 30.0 Å². The number of carbonyl (C=O) groups excluding carboxylic acids is 2. The second kappa shape index (κ2) is 7.39. The molecule has 0 fully saturated rings. The minimum Gasteiger partial charge on any atom is -0.394 e. The summed E-state index contributed by atoms with van der Waals surface area (Å²) in [6.45, 7) is 0.968. The number of nitrogens with one attached hydrogen (secondary N) is 2. The van der Waals surface area contributed by atoms with Crippen LogP contribution in [-0.2, 0) is 9.59 Å². The summed E-state index contributed by atoms with van der Waals surface area (Å²) in [6.07, 6.45) is -0.537. The third kappa shape index (κ3) is 5.97. The number of aliphatic hydroxyl groups is 4. The Labute approximate surface area is 111 Å². The van der Waals surface area contributed by atoms with Crippen molar-refractivity contribution in [3.63, 3.8) is 0 Å². The van der Waals surface area contributed by atoms with Crippen molar-refractivity contribution in [1.82, 2.24) is 10.6 Å². The monoisotopic (exact) mass is 278 g/mol. The first kappa shape index (κ1) is 17.8. The van der Waals surface area contributed by atoms with Crippen LogP contribution in [0.3, 0.4) is 0 Å². The van der Waals surface area contributed by atoms with Crippen LogP contribution in [0.15, 0.2) is 0 Å². The number of rotatable bonds is 8. The Kier molecular flexibility index (Phi) is 6.91. The predicted molar refractivity (Wildman–Crippen MR) is 66.1 cm³/mol. The van der Waals surface area contributed by atoms with Crippen LogP contribution in [0.4, 0.5) is 0 Å². The SMILES string of the molecule is CC(CO)(CO)NC(=O)CC(=O)NC(C)(CO)CO. The zero-order valence-corrected chi connectivity index (χ0v) is 11.1. The van der Waals surface area contributed by atoms with E-state index in [0.717, 1.165) is 0 Å². The van der Waals surface area contributed by atoms with Gasteiger partial charge in [0.15, 0.2) is 0 Å². The van der Waals surface area contributed by atoms with E-state index in [1.54, 1.807) is 0 Å². The molecule has 6 N–H and O–H groups in total. The van der Waals surface area contributed by atoms with Gasteiger partial charge in [-0.2, -0.15) is 0 Å². The highest BCUT2D eigenvalue weighted by atomic mass is 16.3. The summed E-state index contributed by atoms with van der Waals surface area (Å²) in [7, 11) is 0. The van der Waals surface area contributed by atoms with Crippen molar-refractivity contribution >= 4 is 11.8 Å². The number of carbonyl (C=O) groups is 2. The molecule has 112 valence electrons. The van der Waals surface area contributed by atoms with E-state index in [0.29, 0.717) is 0 Å². The third-order valence-corrected chi connectivity index (χ3v) is 2.60. The molecule has 0 spiro atoms. The second-order valence-corrected chi connectivity index (χ2v) is 5.03. The quantitative estimate of drug-likeness (QED) is 0.263. The number of aliphatic hydroxyl groups excluding tert-OH is 4. The van der Waals surface area contributed by atoms with Crippen LogP contribution in [0, 0.1) is 0 Å². The van der Waals surface area contributed by atoms with Crippen LogP contribution >= 0.6 is 0 Å². The number of hydrogen-bond donors (Lipinski definition) is 6. The molecule has 0 aromatic heterocycles. The molecule has 0 aromatic carbocycles. The molecule has 0 rings (SSSR count). The molecule has 0 radical (unpaired) electrons. The molecule has 0 atom stereocenters. The number of amides is 2. The van der Waals surface area contributed by atoms with E-state index in [4.69, 9.17) is 20.4 Å². The molecular weight excluding hydrogens is 256 g/mol. The van der Waals surface area contributed by atoms with Crippen LogP contribution in [0.5, 0.6) is 0 Å². The normalized spacial score (nSPS) is 12.1. The summed E-state index contributed by atoms with van der Waals surface area (Å²) in [5.41, 5.74) is -2.40. The van der Waals surface area contributed by atoms with E-state index in [1.165, 1.54) is 13.8 Å². The molecular formula is C11H22N2O6. The van der Waals surface area contributed by atoms with E-state index < -0.39 is 55.7 Å². The van der Waals surface area contributed by atoms with Crippen molar-refractivity contribution in [2.45, 2.75) is 31.3 Å². The topological polar surface area (TPSA) is 139 Å². The Morgan fingerprint density at radius 3 is 1.26 bits per heavy atom. The highest BCUT2D eigenvalue weighted by Gasteiger charge is 2.28. The largest absolute Gasteiger partial charge is 0.394 e. The Balaban J connectivity index is 4.39. The maximum absolute atomic E-state index is 11.5. The summed E-state index contributed by atoms with van der Waals surface area (Å²) in [6, 6.07) is 0. The molecule has 0 saturated carbocycles. The van der Waals surface area contributed by atoms with Gasteiger partial charge >= 0.3 is 0 Å². The Morgan fingerprint density at radius 2 is 1.05 bits per heavy atom. The minimum absolute atomic E-state index is 0.470. The van der Waals surface area contributed by atoms with Gasteiger partial charge in [-0.1, -0.05) is 0 Å². The summed E-state index contributed by atoms with van der Waals surface area (Å²) in [5, 5.41) is 40.6. The molecule has 0 aromatic rings. The Hall–Kier alpha value is -1.22. The van der Waals surface area contributed by atoms with E-state index >= 15 is 0 Å². The first-order valence-corrected chi connectivity index (χ1v) is 5.79. The Morgan fingerprint density at radius 1 is 0.789 bits per heavy atom. The summed E-state index contributed by atoms with van der Waals surface area (Å²) < 4.78 is 0. The standard InChI is InChI=1S/C11H22N2O6/c1-10(4-14,5-15)12-8(18)3-9(19)13-11(2,6-16)7-17/h14-17H,3-7H2,1-2H3,(H,12,18)(H,13,19). The molecule has 0 bridgehead atoms. The number of hydrogen-bond acceptors (Lipinski definition) is 6. The van der Waals surface area contributed by atoms with Crippen molar-refractivity contribution in [1.29, 1.82) is 0 Å². The minimum atomic E-state index is -1.20. The van der Waals surface area contributed by atoms with Gasteiger partial charge in [0.05, 0.1) is 37.5 Å². The highest BCUT2D eigenvalue weighted by molar-refractivity contribution is 5.97. The maximum Gasteiger partial charge on any atom is 0.230 e. The third-order valence-electron chi connectivity index (χ3n) is 2.60. The lowest BCUT2D eigenvalue weighted by Gasteiger charge is -2.28. The Bertz CT molecular complexity index is 282. The van der Waals surface area contributed by atoms with Crippen LogP contribution in [-0.4, -0.2) is 69.7 Å². The van der Waals surface area contributed by atoms with Gasteiger partial charge in [0.1, 0.15) is 6.42 Å². The van der Waals surface area contributed by atoms with Gasteiger partial charge in [0, 0.05) is 0 Å². The maximum atomic E-state index is 11.5. The smallest absolute Gasteiger partial charge is 0.230 e. The molecule has 2 amide bonds.